The van der Waals surface area contributed by atoms with Crippen molar-refractivity contribution >= 4 is 5.91 Å². The van der Waals surface area contributed by atoms with Crippen LogP contribution < -0.4 is 4.74 Å². The third-order valence-corrected chi connectivity index (χ3v) is 4.37. The lowest BCUT2D eigenvalue weighted by Crippen LogP contribution is -2.42. The quantitative estimate of drug-likeness (QED) is 0.848. The first kappa shape index (κ1) is 16.4. The summed E-state index contributed by atoms with van der Waals surface area (Å²) in [5.41, 5.74) is 2.28. The first-order chi connectivity index (χ1) is 11.7. The number of aromatic nitrogens is 2. The van der Waals surface area contributed by atoms with E-state index in [4.69, 9.17) is 4.74 Å². The lowest BCUT2D eigenvalue weighted by molar-refractivity contribution is -0.135. The molecule has 1 aliphatic rings. The van der Waals surface area contributed by atoms with Crippen LogP contribution in [0.5, 0.6) is 5.75 Å². The summed E-state index contributed by atoms with van der Waals surface area (Å²) in [7, 11) is 0. The van der Waals surface area contributed by atoms with E-state index in [0.717, 1.165) is 38.0 Å². The SMILES string of the molecule is Cc1ccc(C[C@@H]2CCCN(C(=O)COc3cccnc3)C2)cn1. The number of likely N-dealkylation sites (tertiary alicyclic amines) is 1. The van der Waals surface area contributed by atoms with Crippen molar-refractivity contribution in [2.24, 2.45) is 5.92 Å². The number of carbonyl (C=O) groups excluding carboxylic acids is 1. The van der Waals surface area contributed by atoms with Gasteiger partial charge < -0.3 is 9.64 Å². The lowest BCUT2D eigenvalue weighted by Gasteiger charge is -2.32. The summed E-state index contributed by atoms with van der Waals surface area (Å²) in [5.74, 6) is 1.17. The molecule has 1 amide bonds. The molecular weight excluding hydrogens is 302 g/mol. The number of ether oxygens (including phenoxy) is 1. The fourth-order valence-corrected chi connectivity index (χ4v) is 3.08. The predicted molar refractivity (Wildman–Crippen MR) is 91.7 cm³/mol. The zero-order valence-electron chi connectivity index (χ0n) is 14.0. The molecule has 3 rings (SSSR count). The van der Waals surface area contributed by atoms with Crippen LogP contribution >= 0.6 is 0 Å². The molecule has 0 bridgehead atoms. The van der Waals surface area contributed by atoms with Crippen LogP contribution in [0.15, 0.2) is 42.9 Å². The molecule has 0 saturated carbocycles. The molecule has 0 aromatic carbocycles. The monoisotopic (exact) mass is 325 g/mol. The summed E-state index contributed by atoms with van der Waals surface area (Å²) >= 11 is 0. The Balaban J connectivity index is 1.51. The second-order valence-electron chi connectivity index (χ2n) is 6.34. The molecule has 24 heavy (non-hydrogen) atoms. The van der Waals surface area contributed by atoms with Crippen molar-refractivity contribution in [1.82, 2.24) is 14.9 Å². The smallest absolute Gasteiger partial charge is 0.260 e. The number of aryl methyl sites for hydroxylation is 1. The number of carbonyl (C=O) groups is 1. The van der Waals surface area contributed by atoms with Crippen molar-refractivity contribution in [3.63, 3.8) is 0 Å². The summed E-state index contributed by atoms with van der Waals surface area (Å²) in [4.78, 5) is 22.6. The van der Waals surface area contributed by atoms with Crippen molar-refractivity contribution in [3.05, 3.63) is 54.1 Å². The standard InChI is InChI=1S/C19H23N3O2/c1-15-6-7-16(11-21-15)10-17-4-3-9-22(13-17)19(23)14-24-18-5-2-8-20-12-18/h2,5-8,11-12,17H,3-4,9-10,13-14H2,1H3/t17-/m0/s1. The molecule has 3 heterocycles. The van der Waals surface area contributed by atoms with Gasteiger partial charge in [0, 0.05) is 31.2 Å². The van der Waals surface area contributed by atoms with Crippen LogP contribution in [0.2, 0.25) is 0 Å². The fraction of sp³-hybridized carbons (Fsp3) is 0.421. The highest BCUT2D eigenvalue weighted by molar-refractivity contribution is 5.77. The summed E-state index contributed by atoms with van der Waals surface area (Å²) < 4.78 is 5.52. The van der Waals surface area contributed by atoms with Gasteiger partial charge in [0.2, 0.25) is 0 Å². The molecule has 5 nitrogen and oxygen atoms in total. The molecule has 0 unspecified atom stereocenters. The third kappa shape index (κ3) is 4.54. The van der Waals surface area contributed by atoms with Gasteiger partial charge in [0.1, 0.15) is 5.75 Å². The van der Waals surface area contributed by atoms with E-state index >= 15 is 0 Å². The van der Waals surface area contributed by atoms with E-state index < -0.39 is 0 Å². The second kappa shape index (κ2) is 7.90. The molecule has 0 N–H and O–H groups in total. The van der Waals surface area contributed by atoms with Crippen LogP contribution in [0.25, 0.3) is 0 Å². The van der Waals surface area contributed by atoms with Crippen LogP contribution in [0.4, 0.5) is 0 Å². The number of amides is 1. The first-order valence-electron chi connectivity index (χ1n) is 8.43. The largest absolute Gasteiger partial charge is 0.482 e. The van der Waals surface area contributed by atoms with Crippen LogP contribution in [0.1, 0.15) is 24.1 Å². The zero-order chi connectivity index (χ0) is 16.8. The Bertz CT molecular complexity index is 658. The molecule has 126 valence electrons. The Morgan fingerprint density at radius 3 is 3.00 bits per heavy atom. The number of hydrogen-bond acceptors (Lipinski definition) is 4. The van der Waals surface area contributed by atoms with E-state index in [1.54, 1.807) is 18.5 Å². The molecule has 0 aliphatic carbocycles. The maximum absolute atomic E-state index is 12.4. The van der Waals surface area contributed by atoms with Crippen molar-refractivity contribution in [2.45, 2.75) is 26.2 Å². The minimum atomic E-state index is 0.0468. The number of nitrogens with zero attached hydrogens (tertiary/aromatic N) is 3. The molecule has 1 fully saturated rings. The van der Waals surface area contributed by atoms with E-state index in [1.807, 2.05) is 30.2 Å². The van der Waals surface area contributed by atoms with Crippen LogP contribution in [0.3, 0.4) is 0 Å². The maximum Gasteiger partial charge on any atom is 0.260 e. The van der Waals surface area contributed by atoms with Crippen LogP contribution in [-0.2, 0) is 11.2 Å². The highest BCUT2D eigenvalue weighted by Gasteiger charge is 2.24. The Hall–Kier alpha value is -2.43. The molecule has 1 saturated heterocycles. The molecule has 1 atom stereocenters. The normalized spacial score (nSPS) is 17.5. The number of hydrogen-bond donors (Lipinski definition) is 0. The predicted octanol–water partition coefficient (Wildman–Crippen LogP) is 2.65. The summed E-state index contributed by atoms with van der Waals surface area (Å²) in [5, 5.41) is 0. The molecule has 0 spiro atoms. The van der Waals surface area contributed by atoms with E-state index in [1.165, 1.54) is 5.56 Å². The lowest BCUT2D eigenvalue weighted by atomic mass is 9.92. The minimum Gasteiger partial charge on any atom is -0.482 e. The van der Waals surface area contributed by atoms with Crippen molar-refractivity contribution in [2.75, 3.05) is 19.7 Å². The van der Waals surface area contributed by atoms with Gasteiger partial charge in [-0.1, -0.05) is 6.07 Å². The second-order valence-corrected chi connectivity index (χ2v) is 6.34. The zero-order valence-corrected chi connectivity index (χ0v) is 14.0. The van der Waals surface area contributed by atoms with Gasteiger partial charge in [0.05, 0.1) is 6.20 Å². The fourth-order valence-electron chi connectivity index (χ4n) is 3.08. The van der Waals surface area contributed by atoms with E-state index in [-0.39, 0.29) is 12.5 Å². The van der Waals surface area contributed by atoms with Gasteiger partial charge in [-0.05, 0) is 55.9 Å². The highest BCUT2D eigenvalue weighted by atomic mass is 16.5. The van der Waals surface area contributed by atoms with E-state index in [0.29, 0.717) is 11.7 Å². The molecular formula is C19H23N3O2. The van der Waals surface area contributed by atoms with Gasteiger partial charge in [-0.2, -0.15) is 0 Å². The van der Waals surface area contributed by atoms with Gasteiger partial charge in [-0.15, -0.1) is 0 Å². The summed E-state index contributed by atoms with van der Waals surface area (Å²) in [6, 6.07) is 7.79. The number of rotatable bonds is 5. The van der Waals surface area contributed by atoms with Gasteiger partial charge >= 0.3 is 0 Å². The number of pyridine rings is 2. The number of piperidine rings is 1. The Morgan fingerprint density at radius 1 is 1.33 bits per heavy atom. The first-order valence-corrected chi connectivity index (χ1v) is 8.43. The van der Waals surface area contributed by atoms with Crippen molar-refractivity contribution in [1.29, 1.82) is 0 Å². The topological polar surface area (TPSA) is 55.3 Å². The summed E-state index contributed by atoms with van der Waals surface area (Å²) in [6.07, 6.45) is 8.42. The van der Waals surface area contributed by atoms with Gasteiger partial charge in [-0.25, -0.2) is 0 Å². The van der Waals surface area contributed by atoms with Gasteiger partial charge in [0.15, 0.2) is 6.61 Å². The molecule has 1 aliphatic heterocycles. The highest BCUT2D eigenvalue weighted by Crippen LogP contribution is 2.21. The average Bonchev–Trinajstić information content (AvgIpc) is 2.63. The Morgan fingerprint density at radius 2 is 2.25 bits per heavy atom. The van der Waals surface area contributed by atoms with Gasteiger partial charge in [0.25, 0.3) is 5.91 Å². The Kier molecular flexibility index (Phi) is 5.41. The molecule has 2 aromatic heterocycles. The summed E-state index contributed by atoms with van der Waals surface area (Å²) in [6.45, 7) is 3.68. The third-order valence-electron chi connectivity index (χ3n) is 4.37. The average molecular weight is 325 g/mol. The molecule has 2 aromatic rings. The molecule has 5 heteroatoms. The van der Waals surface area contributed by atoms with Crippen molar-refractivity contribution in [3.8, 4) is 5.75 Å². The van der Waals surface area contributed by atoms with Crippen molar-refractivity contribution < 1.29 is 9.53 Å². The van der Waals surface area contributed by atoms with Crippen LogP contribution in [0, 0.1) is 12.8 Å². The minimum absolute atomic E-state index is 0.0468. The maximum atomic E-state index is 12.4. The van der Waals surface area contributed by atoms with Crippen LogP contribution in [-0.4, -0.2) is 40.5 Å². The van der Waals surface area contributed by atoms with E-state index in [2.05, 4.69) is 16.0 Å². The molecule has 0 radical (unpaired) electrons. The Labute approximate surface area is 142 Å². The van der Waals surface area contributed by atoms with E-state index in [9.17, 15) is 4.79 Å². The van der Waals surface area contributed by atoms with Gasteiger partial charge in [-0.3, -0.25) is 14.8 Å².